The highest BCUT2D eigenvalue weighted by molar-refractivity contribution is 5.98. The second-order valence-electron chi connectivity index (χ2n) is 9.25. The van der Waals surface area contributed by atoms with Gasteiger partial charge in [-0.1, -0.05) is 18.0 Å². The van der Waals surface area contributed by atoms with Gasteiger partial charge in [0.2, 0.25) is 17.6 Å². The van der Waals surface area contributed by atoms with Crippen LogP contribution >= 0.6 is 0 Å². The number of aromatic nitrogens is 4. The van der Waals surface area contributed by atoms with Crippen LogP contribution in [0.15, 0.2) is 29.0 Å². The van der Waals surface area contributed by atoms with Crippen molar-refractivity contribution >= 4 is 11.6 Å². The SMILES string of the molecule is CC1c2c(-c3noc(C4CCCC4)n3)ncn2-c2ccc(F)cc2N1C(=O)CN1CCOCC1. The van der Waals surface area contributed by atoms with E-state index in [1.54, 1.807) is 17.3 Å². The number of anilines is 1. The highest BCUT2D eigenvalue weighted by atomic mass is 19.1. The van der Waals surface area contributed by atoms with Crippen molar-refractivity contribution in [1.82, 2.24) is 24.6 Å². The number of fused-ring (bicyclic) bond motifs is 3. The Hall–Kier alpha value is -3.11. The smallest absolute Gasteiger partial charge is 0.241 e. The van der Waals surface area contributed by atoms with E-state index in [2.05, 4.69) is 20.0 Å². The molecule has 1 unspecified atom stereocenters. The number of hydrogen-bond acceptors (Lipinski definition) is 7. The zero-order valence-electron chi connectivity index (χ0n) is 19.1. The molecule has 9 nitrogen and oxygen atoms in total. The van der Waals surface area contributed by atoms with Gasteiger partial charge >= 0.3 is 0 Å². The highest BCUT2D eigenvalue weighted by Gasteiger charge is 2.37. The van der Waals surface area contributed by atoms with E-state index >= 15 is 0 Å². The summed E-state index contributed by atoms with van der Waals surface area (Å²) < 4.78 is 27.2. The van der Waals surface area contributed by atoms with Crippen LogP contribution in [-0.4, -0.2) is 63.3 Å². The second-order valence-corrected chi connectivity index (χ2v) is 9.25. The third-order valence-corrected chi connectivity index (χ3v) is 7.13. The molecule has 178 valence electrons. The quantitative estimate of drug-likeness (QED) is 0.582. The maximum absolute atomic E-state index is 14.3. The van der Waals surface area contributed by atoms with Crippen LogP contribution < -0.4 is 4.90 Å². The van der Waals surface area contributed by atoms with Gasteiger partial charge in [0.05, 0.1) is 42.9 Å². The van der Waals surface area contributed by atoms with Crippen LogP contribution in [0, 0.1) is 5.82 Å². The van der Waals surface area contributed by atoms with E-state index in [0.717, 1.165) is 18.5 Å². The number of hydrogen-bond donors (Lipinski definition) is 0. The molecular formula is C24H27FN6O3. The lowest BCUT2D eigenvalue weighted by Gasteiger charge is -2.38. The summed E-state index contributed by atoms with van der Waals surface area (Å²) >= 11 is 0. The van der Waals surface area contributed by atoms with Gasteiger partial charge in [-0.25, -0.2) is 9.37 Å². The van der Waals surface area contributed by atoms with Gasteiger partial charge in [-0.05, 0) is 38.0 Å². The number of benzene rings is 1. The molecule has 1 saturated heterocycles. The summed E-state index contributed by atoms with van der Waals surface area (Å²) in [6, 6.07) is 4.10. The van der Waals surface area contributed by atoms with Crippen LogP contribution in [0.3, 0.4) is 0 Å². The Morgan fingerprint density at radius 2 is 1.97 bits per heavy atom. The molecule has 0 N–H and O–H groups in total. The first-order chi connectivity index (χ1) is 16.6. The molecule has 3 aromatic rings. The number of nitrogens with zero attached hydrogens (tertiary/aromatic N) is 6. The molecule has 6 rings (SSSR count). The summed E-state index contributed by atoms with van der Waals surface area (Å²) in [5.41, 5.74) is 2.60. The van der Waals surface area contributed by atoms with Crippen molar-refractivity contribution in [3.63, 3.8) is 0 Å². The van der Waals surface area contributed by atoms with Crippen LogP contribution in [0.25, 0.3) is 17.2 Å². The third kappa shape index (κ3) is 3.61. The zero-order chi connectivity index (χ0) is 23.2. The number of rotatable bonds is 4. The molecule has 0 bridgehead atoms. The maximum Gasteiger partial charge on any atom is 0.241 e. The molecule has 2 fully saturated rings. The lowest BCUT2D eigenvalue weighted by Crippen LogP contribution is -2.47. The maximum atomic E-state index is 14.3. The van der Waals surface area contributed by atoms with Gasteiger partial charge in [-0.2, -0.15) is 4.98 Å². The van der Waals surface area contributed by atoms with Crippen LogP contribution in [0.5, 0.6) is 0 Å². The number of amides is 1. The molecule has 2 aliphatic heterocycles. The van der Waals surface area contributed by atoms with Crippen molar-refractivity contribution in [3.8, 4) is 17.2 Å². The van der Waals surface area contributed by atoms with Crippen molar-refractivity contribution in [3.05, 3.63) is 41.9 Å². The Morgan fingerprint density at radius 1 is 1.18 bits per heavy atom. The van der Waals surface area contributed by atoms with Crippen molar-refractivity contribution < 1.29 is 18.4 Å². The predicted molar refractivity (Wildman–Crippen MR) is 121 cm³/mol. The summed E-state index contributed by atoms with van der Waals surface area (Å²) in [5.74, 6) is 0.888. The first-order valence-corrected chi connectivity index (χ1v) is 11.9. The Morgan fingerprint density at radius 3 is 2.76 bits per heavy atom. The van der Waals surface area contributed by atoms with E-state index in [9.17, 15) is 9.18 Å². The van der Waals surface area contributed by atoms with Crippen LogP contribution in [0.2, 0.25) is 0 Å². The van der Waals surface area contributed by atoms with Gasteiger partial charge in [-0.3, -0.25) is 14.3 Å². The van der Waals surface area contributed by atoms with E-state index in [1.165, 1.54) is 25.0 Å². The lowest BCUT2D eigenvalue weighted by atomic mass is 10.0. The van der Waals surface area contributed by atoms with Gasteiger partial charge in [0.25, 0.3) is 0 Å². The van der Waals surface area contributed by atoms with Crippen molar-refractivity contribution in [1.29, 1.82) is 0 Å². The minimum Gasteiger partial charge on any atom is -0.379 e. The van der Waals surface area contributed by atoms with Gasteiger partial charge in [0.1, 0.15) is 17.8 Å². The van der Waals surface area contributed by atoms with Crippen LogP contribution in [0.4, 0.5) is 10.1 Å². The van der Waals surface area contributed by atoms with Crippen molar-refractivity contribution in [2.75, 3.05) is 37.7 Å². The monoisotopic (exact) mass is 466 g/mol. The van der Waals surface area contributed by atoms with E-state index in [-0.39, 0.29) is 12.5 Å². The number of morpholine rings is 1. The molecule has 10 heteroatoms. The standard InChI is InChI=1S/C24H27FN6O3/c1-15-22-21(23-27-24(34-28-23)16-4-2-3-5-16)26-14-30(22)18-7-6-17(25)12-19(18)31(15)20(32)13-29-8-10-33-11-9-29/h6-7,12,14-16H,2-5,8-11,13H2,1H3. The molecule has 1 atom stereocenters. The van der Waals surface area contributed by atoms with Gasteiger partial charge in [-0.15, -0.1) is 0 Å². The summed E-state index contributed by atoms with van der Waals surface area (Å²) in [4.78, 5) is 26.6. The summed E-state index contributed by atoms with van der Waals surface area (Å²) in [6.07, 6.45) is 6.15. The average Bonchev–Trinajstić information content (AvgIpc) is 3.59. The molecule has 0 spiro atoms. The molecule has 1 aromatic carbocycles. The van der Waals surface area contributed by atoms with E-state index < -0.39 is 11.9 Å². The second kappa shape index (κ2) is 8.59. The molecule has 1 amide bonds. The Balaban J connectivity index is 1.39. The number of carbonyl (C=O) groups is 1. The normalized spacial score (nSPS) is 21.0. The van der Waals surface area contributed by atoms with Crippen LogP contribution in [0.1, 0.15) is 56.2 Å². The third-order valence-electron chi connectivity index (χ3n) is 7.13. The molecule has 0 radical (unpaired) electrons. The molecule has 2 aromatic heterocycles. The Bertz CT molecular complexity index is 1210. The fourth-order valence-corrected chi connectivity index (χ4v) is 5.39. The molecule has 34 heavy (non-hydrogen) atoms. The largest absolute Gasteiger partial charge is 0.379 e. The zero-order valence-corrected chi connectivity index (χ0v) is 19.1. The Kier molecular flexibility index (Phi) is 5.41. The fraction of sp³-hybridized carbons (Fsp3) is 0.500. The van der Waals surface area contributed by atoms with Gasteiger partial charge in [0.15, 0.2) is 0 Å². The first-order valence-electron chi connectivity index (χ1n) is 11.9. The predicted octanol–water partition coefficient (Wildman–Crippen LogP) is 3.46. The van der Waals surface area contributed by atoms with E-state index in [0.29, 0.717) is 61.0 Å². The molecule has 1 aliphatic carbocycles. The summed E-state index contributed by atoms with van der Waals surface area (Å²) in [7, 11) is 0. The van der Waals surface area contributed by atoms with Crippen LogP contribution in [-0.2, 0) is 9.53 Å². The molecular weight excluding hydrogens is 439 g/mol. The van der Waals surface area contributed by atoms with Gasteiger partial charge < -0.3 is 14.2 Å². The Labute approximate surface area is 196 Å². The fourth-order valence-electron chi connectivity index (χ4n) is 5.39. The molecule has 3 aliphatic rings. The lowest BCUT2D eigenvalue weighted by molar-refractivity contribution is -0.121. The van der Waals surface area contributed by atoms with E-state index in [4.69, 9.17) is 9.26 Å². The summed E-state index contributed by atoms with van der Waals surface area (Å²) in [6.45, 7) is 4.76. The number of imidazole rings is 1. The van der Waals surface area contributed by atoms with E-state index in [1.807, 2.05) is 11.5 Å². The average molecular weight is 467 g/mol. The summed E-state index contributed by atoms with van der Waals surface area (Å²) in [5, 5.41) is 4.23. The van der Waals surface area contributed by atoms with Crippen molar-refractivity contribution in [2.45, 2.75) is 44.6 Å². The molecule has 1 saturated carbocycles. The first kappa shape index (κ1) is 21.4. The van der Waals surface area contributed by atoms with Gasteiger partial charge in [0, 0.05) is 19.0 Å². The van der Waals surface area contributed by atoms with Crippen molar-refractivity contribution in [2.24, 2.45) is 0 Å². The minimum absolute atomic E-state index is 0.0978. The molecule has 4 heterocycles. The minimum atomic E-state index is -0.395. The highest BCUT2D eigenvalue weighted by Crippen LogP contribution is 2.42. The number of carbonyl (C=O) groups excluding carboxylic acids is 1. The number of halogens is 1. The number of ether oxygens (including phenoxy) is 1. The topological polar surface area (TPSA) is 89.5 Å².